The molecule has 0 aliphatic carbocycles. The summed E-state index contributed by atoms with van der Waals surface area (Å²) in [5.41, 5.74) is 1.43. The van der Waals surface area contributed by atoms with E-state index in [0.717, 1.165) is 37.7 Å². The summed E-state index contributed by atoms with van der Waals surface area (Å²) >= 11 is 0. The number of benzene rings is 1. The van der Waals surface area contributed by atoms with Crippen molar-refractivity contribution in [2.75, 3.05) is 32.7 Å². The molecule has 2 N–H and O–H groups in total. The number of likely N-dealkylation sites (tertiary alicyclic amines) is 1. The van der Waals surface area contributed by atoms with Crippen LogP contribution < -0.4 is 10.6 Å². The van der Waals surface area contributed by atoms with E-state index in [1.807, 2.05) is 6.07 Å². The lowest BCUT2D eigenvalue weighted by molar-refractivity contribution is -0.122. The highest BCUT2D eigenvalue weighted by Crippen LogP contribution is 2.26. The minimum absolute atomic E-state index is 0. The minimum Gasteiger partial charge on any atom is -0.351 e. The first-order valence-corrected chi connectivity index (χ1v) is 8.06. The van der Waals surface area contributed by atoms with Gasteiger partial charge in [0.1, 0.15) is 5.82 Å². The molecule has 0 saturated carbocycles. The van der Waals surface area contributed by atoms with Gasteiger partial charge >= 0.3 is 0 Å². The Hall–Kier alpha value is -1.17. The predicted molar refractivity (Wildman–Crippen MR) is 91.1 cm³/mol. The van der Waals surface area contributed by atoms with Crippen LogP contribution in [0.15, 0.2) is 18.2 Å². The Kier molecular flexibility index (Phi) is 6.39. The average Bonchev–Trinajstić information content (AvgIpc) is 2.96. The van der Waals surface area contributed by atoms with Crippen molar-refractivity contribution < 1.29 is 9.18 Å². The number of hydrogen-bond acceptors (Lipinski definition) is 3. The standard InChI is InChI=1S/C17H24FN3O.ClH/c1-12-2-3-13(6-16(12)18)7-20-17(22)11-21-5-4-14-8-19-9-15(14)10-21;/h2-3,6,14-15,19H,4-5,7-11H2,1H3,(H,20,22);1H. The fourth-order valence-corrected chi connectivity index (χ4v) is 3.46. The van der Waals surface area contributed by atoms with Gasteiger partial charge in [0.2, 0.25) is 5.91 Å². The molecule has 0 radical (unpaired) electrons. The first kappa shape index (κ1) is 18.2. The molecular weight excluding hydrogens is 317 g/mol. The SMILES string of the molecule is Cc1ccc(CNC(=O)CN2CCC3CNCC3C2)cc1F.Cl. The normalized spacial score (nSPS) is 23.9. The van der Waals surface area contributed by atoms with Gasteiger partial charge in [-0.15, -0.1) is 12.4 Å². The van der Waals surface area contributed by atoms with Crippen LogP contribution in [0, 0.1) is 24.6 Å². The molecule has 1 aromatic rings. The smallest absolute Gasteiger partial charge is 0.234 e. The van der Waals surface area contributed by atoms with E-state index < -0.39 is 0 Å². The number of amides is 1. The minimum atomic E-state index is -0.220. The maximum absolute atomic E-state index is 13.5. The fourth-order valence-electron chi connectivity index (χ4n) is 3.46. The molecule has 2 aliphatic rings. The zero-order valence-corrected chi connectivity index (χ0v) is 14.3. The Labute approximate surface area is 143 Å². The van der Waals surface area contributed by atoms with Crippen LogP contribution in [0.3, 0.4) is 0 Å². The summed E-state index contributed by atoms with van der Waals surface area (Å²) in [6.45, 7) is 6.77. The van der Waals surface area contributed by atoms with E-state index in [1.165, 1.54) is 12.5 Å². The molecule has 4 nitrogen and oxygen atoms in total. The first-order chi connectivity index (χ1) is 10.6. The first-order valence-electron chi connectivity index (χ1n) is 8.06. The van der Waals surface area contributed by atoms with Gasteiger partial charge in [-0.25, -0.2) is 4.39 Å². The van der Waals surface area contributed by atoms with Crippen LogP contribution >= 0.6 is 12.4 Å². The zero-order chi connectivity index (χ0) is 15.5. The van der Waals surface area contributed by atoms with Crippen LogP contribution in [-0.4, -0.2) is 43.5 Å². The lowest BCUT2D eigenvalue weighted by atomic mass is 9.89. The summed E-state index contributed by atoms with van der Waals surface area (Å²) in [4.78, 5) is 14.3. The zero-order valence-electron chi connectivity index (χ0n) is 13.5. The summed E-state index contributed by atoms with van der Waals surface area (Å²) in [5.74, 6) is 1.27. The van der Waals surface area contributed by atoms with Gasteiger partial charge in [0.25, 0.3) is 0 Å². The third-order valence-corrected chi connectivity index (χ3v) is 4.88. The lowest BCUT2D eigenvalue weighted by Crippen LogP contribution is -2.45. The highest BCUT2D eigenvalue weighted by Gasteiger charge is 2.33. The predicted octanol–water partition coefficient (Wildman–Crippen LogP) is 1.71. The van der Waals surface area contributed by atoms with Gasteiger partial charge in [0.05, 0.1) is 6.54 Å². The molecule has 23 heavy (non-hydrogen) atoms. The molecule has 2 aliphatic heterocycles. The van der Waals surface area contributed by atoms with Crippen LogP contribution in [0.1, 0.15) is 17.5 Å². The molecule has 0 aromatic heterocycles. The number of nitrogens with zero attached hydrogens (tertiary/aromatic N) is 1. The second kappa shape index (κ2) is 8.08. The summed E-state index contributed by atoms with van der Waals surface area (Å²) < 4.78 is 13.5. The number of piperidine rings is 1. The monoisotopic (exact) mass is 341 g/mol. The molecule has 2 fully saturated rings. The van der Waals surface area contributed by atoms with Gasteiger partial charge in [-0.1, -0.05) is 12.1 Å². The third-order valence-electron chi connectivity index (χ3n) is 4.88. The van der Waals surface area contributed by atoms with E-state index in [4.69, 9.17) is 0 Å². The molecule has 6 heteroatoms. The molecule has 0 bridgehead atoms. The van der Waals surface area contributed by atoms with E-state index in [-0.39, 0.29) is 24.1 Å². The van der Waals surface area contributed by atoms with E-state index >= 15 is 0 Å². The van der Waals surface area contributed by atoms with Crippen molar-refractivity contribution >= 4 is 18.3 Å². The Bertz CT molecular complexity index is 555. The average molecular weight is 342 g/mol. The fraction of sp³-hybridized carbons (Fsp3) is 0.588. The quantitative estimate of drug-likeness (QED) is 0.876. The van der Waals surface area contributed by atoms with Gasteiger partial charge in [-0.05, 0) is 62.0 Å². The Morgan fingerprint density at radius 3 is 2.96 bits per heavy atom. The van der Waals surface area contributed by atoms with E-state index in [2.05, 4.69) is 15.5 Å². The molecule has 3 rings (SSSR count). The molecule has 2 atom stereocenters. The van der Waals surface area contributed by atoms with Crippen LogP contribution in [0.2, 0.25) is 0 Å². The topological polar surface area (TPSA) is 44.4 Å². The van der Waals surface area contributed by atoms with Crippen molar-refractivity contribution in [1.29, 1.82) is 0 Å². The summed E-state index contributed by atoms with van der Waals surface area (Å²) in [6, 6.07) is 5.09. The second-order valence-electron chi connectivity index (χ2n) is 6.56. The molecule has 1 amide bonds. The van der Waals surface area contributed by atoms with Crippen molar-refractivity contribution in [3.63, 3.8) is 0 Å². The van der Waals surface area contributed by atoms with Gasteiger partial charge in [0.15, 0.2) is 0 Å². The van der Waals surface area contributed by atoms with Gasteiger partial charge in [-0.2, -0.15) is 0 Å². The van der Waals surface area contributed by atoms with E-state index in [1.54, 1.807) is 13.0 Å². The Morgan fingerprint density at radius 2 is 2.17 bits per heavy atom. The molecule has 2 saturated heterocycles. The number of halogens is 2. The number of nitrogens with one attached hydrogen (secondary N) is 2. The summed E-state index contributed by atoms with van der Waals surface area (Å²) in [5, 5.41) is 6.32. The van der Waals surface area contributed by atoms with E-state index in [0.29, 0.717) is 24.6 Å². The number of fused-ring (bicyclic) bond motifs is 1. The lowest BCUT2D eigenvalue weighted by Gasteiger charge is -2.33. The number of aryl methyl sites for hydroxylation is 1. The highest BCUT2D eigenvalue weighted by molar-refractivity contribution is 5.85. The number of carbonyl (C=O) groups excluding carboxylic acids is 1. The molecule has 2 unspecified atom stereocenters. The molecule has 128 valence electrons. The third kappa shape index (κ3) is 4.66. The molecular formula is C17H25ClFN3O. The van der Waals surface area contributed by atoms with Gasteiger partial charge in [0, 0.05) is 13.1 Å². The van der Waals surface area contributed by atoms with Crippen molar-refractivity contribution in [2.24, 2.45) is 11.8 Å². The largest absolute Gasteiger partial charge is 0.351 e. The summed E-state index contributed by atoms with van der Waals surface area (Å²) in [7, 11) is 0. The maximum atomic E-state index is 13.5. The van der Waals surface area contributed by atoms with Crippen LogP contribution in [0.4, 0.5) is 4.39 Å². The second-order valence-corrected chi connectivity index (χ2v) is 6.56. The van der Waals surface area contributed by atoms with Crippen LogP contribution in [0.5, 0.6) is 0 Å². The van der Waals surface area contributed by atoms with Crippen LogP contribution in [0.25, 0.3) is 0 Å². The number of rotatable bonds is 4. The van der Waals surface area contributed by atoms with Crippen molar-refractivity contribution in [2.45, 2.75) is 19.9 Å². The summed E-state index contributed by atoms with van der Waals surface area (Å²) in [6.07, 6.45) is 1.17. The van der Waals surface area contributed by atoms with Crippen molar-refractivity contribution in [3.05, 3.63) is 35.1 Å². The molecule has 2 heterocycles. The number of hydrogen-bond donors (Lipinski definition) is 2. The Morgan fingerprint density at radius 1 is 1.39 bits per heavy atom. The molecule has 0 spiro atoms. The highest BCUT2D eigenvalue weighted by atomic mass is 35.5. The van der Waals surface area contributed by atoms with Gasteiger partial charge < -0.3 is 10.6 Å². The van der Waals surface area contributed by atoms with Crippen LogP contribution in [-0.2, 0) is 11.3 Å². The van der Waals surface area contributed by atoms with Crippen molar-refractivity contribution in [1.82, 2.24) is 15.5 Å². The number of carbonyl (C=O) groups is 1. The maximum Gasteiger partial charge on any atom is 0.234 e. The molecule has 1 aromatic carbocycles. The van der Waals surface area contributed by atoms with E-state index in [9.17, 15) is 9.18 Å². The van der Waals surface area contributed by atoms with Gasteiger partial charge in [-0.3, -0.25) is 9.69 Å². The van der Waals surface area contributed by atoms with Crippen molar-refractivity contribution in [3.8, 4) is 0 Å². The Balaban J connectivity index is 0.00000192.